The summed E-state index contributed by atoms with van der Waals surface area (Å²) < 4.78 is 7.74. The zero-order valence-electron chi connectivity index (χ0n) is 54.8. The number of para-hydroxylation sites is 3. The van der Waals surface area contributed by atoms with Crippen LogP contribution >= 0.6 is 11.8 Å². The van der Waals surface area contributed by atoms with Crippen LogP contribution in [-0.2, 0) is 32.5 Å². The highest BCUT2D eigenvalue weighted by molar-refractivity contribution is 7.99. The average Bonchev–Trinajstić information content (AvgIpc) is 1.39. The van der Waals surface area contributed by atoms with Crippen LogP contribution in [0.1, 0.15) is 153 Å². The van der Waals surface area contributed by atoms with Gasteiger partial charge in [-0.1, -0.05) is 260 Å². The molecule has 4 heteroatoms. The minimum absolute atomic E-state index is 0.0276. The van der Waals surface area contributed by atoms with Gasteiger partial charge in [0.1, 0.15) is 11.2 Å². The van der Waals surface area contributed by atoms with Crippen molar-refractivity contribution in [1.29, 1.82) is 0 Å². The lowest BCUT2D eigenvalue weighted by Gasteiger charge is -2.38. The zero-order chi connectivity index (χ0) is 62.9. The van der Waals surface area contributed by atoms with Crippen molar-refractivity contribution in [2.24, 2.45) is 0 Å². The first-order valence-corrected chi connectivity index (χ1v) is 33.0. The highest BCUT2D eigenvalue weighted by atomic mass is 32.2. The maximum Gasteiger partial charge on any atom is 0.145 e. The van der Waals surface area contributed by atoms with Crippen molar-refractivity contribution in [3.63, 3.8) is 0 Å². The van der Waals surface area contributed by atoms with E-state index in [2.05, 4.69) is 349 Å². The zero-order valence-corrected chi connectivity index (χ0v) is 55.6. The summed E-state index contributed by atoms with van der Waals surface area (Å²) in [7, 11) is 0. The first-order chi connectivity index (χ1) is 42.9. The summed E-state index contributed by atoms with van der Waals surface area (Å²) in [6, 6.07) is 92.3. The summed E-state index contributed by atoms with van der Waals surface area (Å²) in [6.07, 6.45) is 0. The minimum atomic E-state index is -0.928. The lowest BCUT2D eigenvalue weighted by molar-refractivity contribution is 0.589. The Hall–Kier alpha value is -8.83. The van der Waals surface area contributed by atoms with Gasteiger partial charge < -0.3 is 14.2 Å². The van der Waals surface area contributed by atoms with Gasteiger partial charge in [-0.2, -0.15) is 0 Å². The molecule has 1 aromatic heterocycles. The van der Waals surface area contributed by atoms with Crippen molar-refractivity contribution in [2.45, 2.75) is 139 Å². The normalized spacial score (nSPS) is 15.2. The van der Waals surface area contributed by atoms with E-state index in [9.17, 15) is 0 Å². The molecule has 1 atom stereocenters. The molecule has 0 spiro atoms. The first kappa shape index (κ1) is 58.8. The number of hydrogen-bond acceptors (Lipinski definition) is 4. The van der Waals surface area contributed by atoms with E-state index < -0.39 is 10.8 Å². The van der Waals surface area contributed by atoms with Crippen LogP contribution in [0.2, 0.25) is 0 Å². The summed E-state index contributed by atoms with van der Waals surface area (Å²) >= 11 is 1.82. The number of furan rings is 1. The number of rotatable bonds is 10. The third-order valence-electron chi connectivity index (χ3n) is 19.4. The molecule has 0 fully saturated rings. The van der Waals surface area contributed by atoms with Crippen molar-refractivity contribution in [1.82, 2.24) is 0 Å². The molecule has 11 aromatic carbocycles. The van der Waals surface area contributed by atoms with Crippen LogP contribution in [-0.4, -0.2) is 0 Å². The number of anilines is 6. The van der Waals surface area contributed by atoms with E-state index in [0.717, 1.165) is 61.6 Å². The fraction of sp³-hybridized carbons (Fsp3) is 0.233. The Bertz CT molecular complexity index is 4680. The summed E-state index contributed by atoms with van der Waals surface area (Å²) in [5, 5.41) is 2.15. The van der Waals surface area contributed by atoms with Crippen LogP contribution in [0.25, 0.3) is 44.2 Å². The maximum atomic E-state index is 7.74. The van der Waals surface area contributed by atoms with Crippen molar-refractivity contribution in [3.8, 4) is 22.3 Å². The second kappa shape index (κ2) is 21.4. The third kappa shape index (κ3) is 9.71. The predicted molar refractivity (Wildman–Crippen MR) is 383 cm³/mol. The molecule has 0 radical (unpaired) electrons. The van der Waals surface area contributed by atoms with Gasteiger partial charge in [0.2, 0.25) is 0 Å². The van der Waals surface area contributed by atoms with Crippen molar-refractivity contribution >= 4 is 67.8 Å². The van der Waals surface area contributed by atoms with E-state index in [1.807, 2.05) is 11.8 Å². The largest absolute Gasteiger partial charge is 0.455 e. The maximum absolute atomic E-state index is 7.74. The fourth-order valence-electron chi connectivity index (χ4n) is 14.6. The van der Waals surface area contributed by atoms with E-state index in [-0.39, 0.29) is 21.7 Å². The molecule has 0 saturated heterocycles. The van der Waals surface area contributed by atoms with Crippen LogP contribution in [0.4, 0.5) is 34.1 Å². The van der Waals surface area contributed by atoms with E-state index in [4.69, 9.17) is 4.42 Å². The summed E-state index contributed by atoms with van der Waals surface area (Å²) in [4.78, 5) is 7.44. The van der Waals surface area contributed by atoms with Gasteiger partial charge >= 0.3 is 0 Å². The molecule has 1 unspecified atom stereocenters. The molecule has 3 nitrogen and oxygen atoms in total. The molecule has 12 aromatic rings. The summed E-state index contributed by atoms with van der Waals surface area (Å²) in [5.74, 6) is 0. The van der Waals surface area contributed by atoms with Crippen molar-refractivity contribution < 1.29 is 4.42 Å². The molecule has 0 bridgehead atoms. The quantitative estimate of drug-likeness (QED) is 0.136. The van der Waals surface area contributed by atoms with Crippen LogP contribution in [0.5, 0.6) is 0 Å². The van der Waals surface area contributed by atoms with E-state index >= 15 is 0 Å². The van der Waals surface area contributed by atoms with E-state index in [1.54, 1.807) is 0 Å². The molecule has 14 rings (SSSR count). The Labute approximate surface area is 538 Å². The summed E-state index contributed by atoms with van der Waals surface area (Å²) in [5.41, 5.74) is 24.2. The molecule has 0 aliphatic heterocycles. The van der Waals surface area contributed by atoms with Crippen molar-refractivity contribution in [3.05, 3.63) is 298 Å². The second-order valence-electron chi connectivity index (χ2n) is 29.8. The molecule has 2 aliphatic rings. The minimum Gasteiger partial charge on any atom is -0.455 e. The summed E-state index contributed by atoms with van der Waals surface area (Å²) in [6.45, 7) is 32.5. The Morgan fingerprint density at radius 2 is 0.744 bits per heavy atom. The molecule has 1 heterocycles. The van der Waals surface area contributed by atoms with Gasteiger partial charge in [0, 0.05) is 48.9 Å². The van der Waals surface area contributed by atoms with E-state index in [0.29, 0.717) is 0 Å². The molecule has 2 aliphatic carbocycles. The molecular formula is C86H82N2OS. The van der Waals surface area contributed by atoms with Gasteiger partial charge in [0.05, 0.1) is 22.2 Å². The number of benzene rings is 11. The molecule has 0 N–H and O–H groups in total. The SMILES string of the molecule is CC(C)(C)c1ccc(Sc2ccc(C3(c4ccc(C(C)(C)C)cc4)c4cc(N(c5ccccc5)c5ccc(C(C)(C)C)cc5)c5c(c4-c4c3cc(N(c3ccccc3)c3ccc(C(C)(C)C)cc3)c3c4oc4ccccc43)-c3ccccc3C5(C)C)cc2)cc1. The van der Waals surface area contributed by atoms with Gasteiger partial charge in [0.15, 0.2) is 0 Å². The number of hydrogen-bond donors (Lipinski definition) is 0. The van der Waals surface area contributed by atoms with Gasteiger partial charge in [-0.15, -0.1) is 0 Å². The van der Waals surface area contributed by atoms with Gasteiger partial charge in [-0.25, -0.2) is 0 Å². The van der Waals surface area contributed by atoms with Crippen molar-refractivity contribution in [2.75, 3.05) is 9.80 Å². The monoisotopic (exact) mass is 1190 g/mol. The molecular weight excluding hydrogens is 1110 g/mol. The second-order valence-corrected chi connectivity index (χ2v) is 30.9. The van der Waals surface area contributed by atoms with Crippen LogP contribution in [0.3, 0.4) is 0 Å². The Balaban J connectivity index is 1.17. The molecule has 0 saturated carbocycles. The Morgan fingerprint density at radius 3 is 1.26 bits per heavy atom. The Morgan fingerprint density at radius 1 is 0.356 bits per heavy atom. The smallest absolute Gasteiger partial charge is 0.145 e. The highest BCUT2D eigenvalue weighted by Gasteiger charge is 2.53. The fourth-order valence-corrected chi connectivity index (χ4v) is 15.4. The number of fused-ring (bicyclic) bond motifs is 11. The van der Waals surface area contributed by atoms with Gasteiger partial charge in [0.25, 0.3) is 0 Å². The topological polar surface area (TPSA) is 19.6 Å². The third-order valence-corrected chi connectivity index (χ3v) is 20.4. The lowest BCUT2D eigenvalue weighted by Crippen LogP contribution is -2.30. The number of nitrogens with zero attached hydrogens (tertiary/aromatic N) is 2. The highest BCUT2D eigenvalue weighted by Crippen LogP contribution is 2.68. The average molecular weight is 1190 g/mol. The van der Waals surface area contributed by atoms with Gasteiger partial charge in [-0.05, 0) is 185 Å². The van der Waals surface area contributed by atoms with Crippen LogP contribution in [0, 0.1) is 0 Å². The molecule has 448 valence electrons. The van der Waals surface area contributed by atoms with Crippen LogP contribution in [0.15, 0.2) is 257 Å². The molecule has 90 heavy (non-hydrogen) atoms. The first-order valence-electron chi connectivity index (χ1n) is 32.1. The van der Waals surface area contributed by atoms with Crippen LogP contribution < -0.4 is 9.80 Å². The Kier molecular flexibility index (Phi) is 14.0. The standard InChI is InChI=1S/C86H82N2OS/c1-81(2,3)55-33-35-59(36-34-55)86(60-43-51-66(52-44-60)90-65-49-41-58(42-50-65)84(10,11)12)70-54-73(88(62-27-19-16-20-28-62)64-47-39-57(40-48-64)83(7,8)9)79-76(67-29-21-23-31-69(67)85(79,13)14)77(70)78-71(86)53-72(75-68-30-22-24-32-74(68)89-80(75)78)87(61-25-17-15-18-26-61)63-45-37-56(38-46-63)82(4,5)6/h15-54H,1-14H3. The molecule has 0 amide bonds. The lowest BCUT2D eigenvalue weighted by atomic mass is 9.66. The predicted octanol–water partition coefficient (Wildman–Crippen LogP) is 24.5. The van der Waals surface area contributed by atoms with E-state index in [1.165, 1.54) is 82.1 Å². The van der Waals surface area contributed by atoms with Gasteiger partial charge in [-0.3, -0.25) is 0 Å².